The van der Waals surface area contributed by atoms with E-state index in [2.05, 4.69) is 0 Å². The summed E-state index contributed by atoms with van der Waals surface area (Å²) in [5.74, 6) is -0.309. The van der Waals surface area contributed by atoms with Crippen molar-refractivity contribution in [2.75, 3.05) is 12.0 Å². The maximum Gasteiger partial charge on any atom is 0.128 e. The third-order valence-electron chi connectivity index (χ3n) is 1.70. The molecule has 1 aromatic rings. The summed E-state index contributed by atoms with van der Waals surface area (Å²) in [5, 5.41) is 0. The molecule has 1 rings (SSSR count). The van der Waals surface area contributed by atoms with Crippen LogP contribution < -0.4 is 5.73 Å². The highest BCUT2D eigenvalue weighted by Crippen LogP contribution is 2.18. The minimum Gasteiger partial charge on any atom is -0.323 e. The molecule has 0 fully saturated rings. The van der Waals surface area contributed by atoms with Gasteiger partial charge in [0.15, 0.2) is 0 Å². The second kappa shape index (κ2) is 4.58. The summed E-state index contributed by atoms with van der Waals surface area (Å²) in [5.41, 5.74) is 5.89. The van der Waals surface area contributed by atoms with Crippen LogP contribution in [0.4, 0.5) is 8.78 Å². The quantitative estimate of drug-likeness (QED) is 0.816. The second-order valence-electron chi connectivity index (χ2n) is 2.73. The molecule has 0 aliphatic heterocycles. The van der Waals surface area contributed by atoms with E-state index in [1.54, 1.807) is 0 Å². The largest absolute Gasteiger partial charge is 0.323 e. The van der Waals surface area contributed by atoms with Crippen molar-refractivity contribution in [2.45, 2.75) is 6.04 Å². The Morgan fingerprint density at radius 2 is 2.15 bits per heavy atom. The van der Waals surface area contributed by atoms with Crippen LogP contribution in [-0.2, 0) is 0 Å². The van der Waals surface area contributed by atoms with Gasteiger partial charge in [0.05, 0.1) is 0 Å². The van der Waals surface area contributed by atoms with E-state index in [0.717, 1.165) is 18.2 Å². The molecule has 1 aromatic carbocycles. The number of hydrogen-bond donors (Lipinski definition) is 1. The minimum absolute atomic E-state index is 0.245. The summed E-state index contributed by atoms with van der Waals surface area (Å²) in [4.78, 5) is 0. The minimum atomic E-state index is -0.451. The van der Waals surface area contributed by atoms with Crippen molar-refractivity contribution in [1.29, 1.82) is 0 Å². The highest BCUT2D eigenvalue weighted by Gasteiger charge is 2.11. The lowest BCUT2D eigenvalue weighted by atomic mass is 10.1. The van der Waals surface area contributed by atoms with Crippen LogP contribution in [0.25, 0.3) is 0 Å². The molecule has 0 amide bonds. The standard InChI is InChI=1S/C9H11F2NS/c1-13-5-9(12)7-4-6(10)2-3-8(7)11/h2-4,9H,5,12H2,1H3. The number of rotatable bonds is 3. The van der Waals surface area contributed by atoms with Gasteiger partial charge in [0, 0.05) is 17.4 Å². The van der Waals surface area contributed by atoms with Crippen LogP contribution in [0.15, 0.2) is 18.2 Å². The number of halogens is 2. The zero-order chi connectivity index (χ0) is 9.84. The molecule has 0 saturated heterocycles. The van der Waals surface area contributed by atoms with Crippen LogP contribution in [-0.4, -0.2) is 12.0 Å². The molecule has 1 atom stereocenters. The Labute approximate surface area is 80.3 Å². The summed E-state index contributed by atoms with van der Waals surface area (Å²) in [6.45, 7) is 0. The van der Waals surface area contributed by atoms with Gasteiger partial charge in [-0.2, -0.15) is 11.8 Å². The summed E-state index contributed by atoms with van der Waals surface area (Å²) >= 11 is 1.51. The van der Waals surface area contributed by atoms with Gasteiger partial charge in [-0.25, -0.2) is 8.78 Å². The van der Waals surface area contributed by atoms with Gasteiger partial charge in [0.2, 0.25) is 0 Å². The van der Waals surface area contributed by atoms with Crippen LogP contribution >= 0.6 is 11.8 Å². The summed E-state index contributed by atoms with van der Waals surface area (Å²) < 4.78 is 25.8. The molecule has 13 heavy (non-hydrogen) atoms. The van der Waals surface area contributed by atoms with Crippen molar-refractivity contribution in [2.24, 2.45) is 5.73 Å². The van der Waals surface area contributed by atoms with Gasteiger partial charge in [-0.1, -0.05) is 0 Å². The molecule has 1 nitrogen and oxygen atoms in total. The fourth-order valence-corrected chi connectivity index (χ4v) is 1.61. The first-order valence-corrected chi connectivity index (χ1v) is 5.24. The van der Waals surface area contributed by atoms with Gasteiger partial charge >= 0.3 is 0 Å². The Morgan fingerprint density at radius 1 is 1.46 bits per heavy atom. The first kappa shape index (κ1) is 10.5. The Balaban J connectivity index is 2.91. The Morgan fingerprint density at radius 3 is 2.77 bits per heavy atom. The van der Waals surface area contributed by atoms with E-state index in [1.165, 1.54) is 11.8 Å². The van der Waals surface area contributed by atoms with Crippen molar-refractivity contribution < 1.29 is 8.78 Å². The first-order valence-electron chi connectivity index (χ1n) is 3.84. The lowest BCUT2D eigenvalue weighted by molar-refractivity contribution is 0.573. The molecule has 0 aromatic heterocycles. The maximum atomic E-state index is 13.1. The van der Waals surface area contributed by atoms with E-state index in [0.29, 0.717) is 5.75 Å². The number of thioether (sulfide) groups is 1. The number of hydrogen-bond acceptors (Lipinski definition) is 2. The lowest BCUT2D eigenvalue weighted by Crippen LogP contribution is -2.14. The predicted octanol–water partition coefficient (Wildman–Crippen LogP) is 2.33. The van der Waals surface area contributed by atoms with Crippen molar-refractivity contribution in [3.8, 4) is 0 Å². The molecular formula is C9H11F2NS. The van der Waals surface area contributed by atoms with Crippen molar-refractivity contribution in [3.05, 3.63) is 35.4 Å². The Hall–Kier alpha value is -0.610. The zero-order valence-electron chi connectivity index (χ0n) is 7.26. The summed E-state index contributed by atoms with van der Waals surface area (Å²) in [7, 11) is 0. The SMILES string of the molecule is CSCC(N)c1cc(F)ccc1F. The molecule has 0 saturated carbocycles. The van der Waals surface area contributed by atoms with Gasteiger partial charge in [0.1, 0.15) is 11.6 Å². The van der Waals surface area contributed by atoms with E-state index in [-0.39, 0.29) is 5.56 Å². The van der Waals surface area contributed by atoms with E-state index in [1.807, 2.05) is 6.26 Å². The maximum absolute atomic E-state index is 13.1. The van der Waals surface area contributed by atoms with Crippen LogP contribution in [0.3, 0.4) is 0 Å². The van der Waals surface area contributed by atoms with Gasteiger partial charge in [-0.05, 0) is 24.5 Å². The van der Waals surface area contributed by atoms with Gasteiger partial charge in [0.25, 0.3) is 0 Å². The average Bonchev–Trinajstić information content (AvgIpc) is 2.09. The van der Waals surface area contributed by atoms with Crippen LogP contribution in [0, 0.1) is 11.6 Å². The Kier molecular flexibility index (Phi) is 3.69. The second-order valence-corrected chi connectivity index (χ2v) is 3.64. The molecule has 0 spiro atoms. The van der Waals surface area contributed by atoms with Crippen LogP contribution in [0.1, 0.15) is 11.6 Å². The highest BCUT2D eigenvalue weighted by atomic mass is 32.2. The van der Waals surface area contributed by atoms with Crippen molar-refractivity contribution in [3.63, 3.8) is 0 Å². The molecule has 0 aliphatic rings. The fraction of sp³-hybridized carbons (Fsp3) is 0.333. The molecular weight excluding hydrogens is 192 g/mol. The van der Waals surface area contributed by atoms with Crippen molar-refractivity contribution >= 4 is 11.8 Å². The average molecular weight is 203 g/mol. The van der Waals surface area contributed by atoms with Crippen molar-refractivity contribution in [1.82, 2.24) is 0 Å². The van der Waals surface area contributed by atoms with Crippen LogP contribution in [0.5, 0.6) is 0 Å². The topological polar surface area (TPSA) is 26.0 Å². The Bertz CT molecular complexity index is 291. The molecule has 4 heteroatoms. The molecule has 72 valence electrons. The van der Waals surface area contributed by atoms with E-state index in [9.17, 15) is 8.78 Å². The molecule has 0 bridgehead atoms. The predicted molar refractivity (Wildman–Crippen MR) is 51.7 cm³/mol. The summed E-state index contributed by atoms with van der Waals surface area (Å²) in [6.07, 6.45) is 1.87. The van der Waals surface area contributed by atoms with E-state index in [4.69, 9.17) is 5.73 Å². The molecule has 2 N–H and O–H groups in total. The van der Waals surface area contributed by atoms with E-state index >= 15 is 0 Å². The van der Waals surface area contributed by atoms with Crippen LogP contribution in [0.2, 0.25) is 0 Å². The summed E-state index contributed by atoms with van der Waals surface area (Å²) in [6, 6.07) is 2.90. The third kappa shape index (κ3) is 2.67. The number of nitrogens with two attached hydrogens (primary N) is 1. The molecule has 0 radical (unpaired) electrons. The van der Waals surface area contributed by atoms with Gasteiger partial charge in [-0.3, -0.25) is 0 Å². The number of benzene rings is 1. The lowest BCUT2D eigenvalue weighted by Gasteiger charge is -2.10. The normalized spacial score (nSPS) is 12.9. The first-order chi connectivity index (χ1) is 6.15. The fourth-order valence-electron chi connectivity index (χ4n) is 1.07. The smallest absolute Gasteiger partial charge is 0.128 e. The molecule has 0 aliphatic carbocycles. The van der Waals surface area contributed by atoms with E-state index < -0.39 is 17.7 Å². The zero-order valence-corrected chi connectivity index (χ0v) is 8.07. The molecule has 1 unspecified atom stereocenters. The third-order valence-corrected chi connectivity index (χ3v) is 2.40. The van der Waals surface area contributed by atoms with Gasteiger partial charge < -0.3 is 5.73 Å². The highest BCUT2D eigenvalue weighted by molar-refractivity contribution is 7.98. The van der Waals surface area contributed by atoms with Gasteiger partial charge in [-0.15, -0.1) is 0 Å². The monoisotopic (exact) mass is 203 g/mol. The molecule has 0 heterocycles.